The normalized spacial score (nSPS) is 18.2. The molecule has 2 unspecified atom stereocenters. The largest absolute Gasteiger partial charge is 0.491 e. The molecule has 0 radical (unpaired) electrons. The van der Waals surface area contributed by atoms with Crippen LogP contribution in [-0.2, 0) is 11.2 Å². The molecule has 2 aromatic heterocycles. The summed E-state index contributed by atoms with van der Waals surface area (Å²) < 4.78 is 28.5. The molecule has 11 heteroatoms. The van der Waals surface area contributed by atoms with E-state index in [0.29, 0.717) is 63.0 Å². The van der Waals surface area contributed by atoms with Crippen molar-refractivity contribution in [3.63, 3.8) is 0 Å². The van der Waals surface area contributed by atoms with Crippen molar-refractivity contribution in [3.05, 3.63) is 110 Å². The van der Waals surface area contributed by atoms with Crippen molar-refractivity contribution in [2.45, 2.75) is 18.6 Å². The van der Waals surface area contributed by atoms with Crippen molar-refractivity contribution in [3.8, 4) is 16.9 Å². The van der Waals surface area contributed by atoms with Crippen LogP contribution < -0.4 is 20.9 Å². The highest BCUT2D eigenvalue weighted by Gasteiger charge is 2.26. The first-order chi connectivity index (χ1) is 20.9. The highest BCUT2D eigenvalue weighted by atomic mass is 35.5. The first-order valence-electron chi connectivity index (χ1n) is 13.9. The second kappa shape index (κ2) is 11.6. The van der Waals surface area contributed by atoms with E-state index in [9.17, 15) is 4.79 Å². The van der Waals surface area contributed by atoms with E-state index in [1.807, 2.05) is 24.3 Å². The van der Waals surface area contributed by atoms with Crippen molar-refractivity contribution < 1.29 is 13.9 Å². The van der Waals surface area contributed by atoms with Gasteiger partial charge < -0.3 is 20.1 Å². The van der Waals surface area contributed by atoms with E-state index >= 15 is 4.39 Å². The third-order valence-corrected chi connectivity index (χ3v) is 8.30. The molecule has 1 fully saturated rings. The fourth-order valence-electron chi connectivity index (χ4n) is 5.66. The topological polar surface area (TPSA) is 90.3 Å². The molecule has 43 heavy (non-hydrogen) atoms. The Hall–Kier alpha value is -4.02. The van der Waals surface area contributed by atoms with Gasteiger partial charge in [-0.25, -0.2) is 9.37 Å². The molecule has 5 aromatic rings. The first kappa shape index (κ1) is 27.8. The first-order valence-corrected chi connectivity index (χ1v) is 14.7. The zero-order valence-electron chi connectivity index (χ0n) is 22.8. The van der Waals surface area contributed by atoms with Gasteiger partial charge in [0.2, 0.25) is 5.95 Å². The minimum Gasteiger partial charge on any atom is -0.491 e. The summed E-state index contributed by atoms with van der Waals surface area (Å²) in [5, 5.41) is 7.77. The number of rotatable bonds is 5. The molecule has 2 atom stereocenters. The van der Waals surface area contributed by atoms with Gasteiger partial charge in [0.25, 0.3) is 5.56 Å². The van der Waals surface area contributed by atoms with Gasteiger partial charge in [-0.05, 0) is 42.0 Å². The number of anilines is 2. The maximum atomic E-state index is 15.1. The molecular weight excluding hydrogens is 592 g/mol. The lowest BCUT2D eigenvalue weighted by molar-refractivity contribution is 0.0255. The third kappa shape index (κ3) is 5.45. The summed E-state index contributed by atoms with van der Waals surface area (Å²) in [5.74, 6) is 0.626. The van der Waals surface area contributed by atoms with Gasteiger partial charge in [0, 0.05) is 58.5 Å². The Bertz CT molecular complexity index is 1910. The fourth-order valence-corrected chi connectivity index (χ4v) is 6.17. The number of nitrogens with one attached hydrogen (secondary N) is 2. The molecule has 0 spiro atoms. The van der Waals surface area contributed by atoms with Crippen LogP contribution in [0.25, 0.3) is 22.2 Å². The summed E-state index contributed by atoms with van der Waals surface area (Å²) in [7, 11) is 0. The zero-order chi connectivity index (χ0) is 29.5. The number of pyridine rings is 1. The standard InChI is InChI=1S/C32H26Cl2FN5O3/c33-20-5-7-23(26(34)13-20)25-12-19-15-37-32(38-21-6-8-24(27(35)14-21)29-16-36-9-10-42-29)39-30(19)40(31(25)41)22-11-18-3-1-2-4-28(18)43-17-22/h1-8,12-15,22,29,36H,9-11,16-17H2,(H,37,38,39). The second-order valence-corrected chi connectivity index (χ2v) is 11.4. The smallest absolute Gasteiger partial charge is 0.260 e. The predicted molar refractivity (Wildman–Crippen MR) is 165 cm³/mol. The number of ether oxygens (including phenoxy) is 2. The second-order valence-electron chi connectivity index (χ2n) is 10.5. The molecule has 0 aliphatic carbocycles. The molecule has 1 saturated heterocycles. The number of halogens is 3. The monoisotopic (exact) mass is 617 g/mol. The molecular formula is C32H26Cl2FN5O3. The number of fused-ring (bicyclic) bond motifs is 2. The molecule has 7 rings (SSSR count). The summed E-state index contributed by atoms with van der Waals surface area (Å²) in [4.78, 5) is 23.4. The van der Waals surface area contributed by atoms with Gasteiger partial charge in [-0.15, -0.1) is 0 Å². The van der Waals surface area contributed by atoms with Gasteiger partial charge in [0.15, 0.2) is 0 Å². The summed E-state index contributed by atoms with van der Waals surface area (Å²) in [6.07, 6.45) is 1.86. The average Bonchev–Trinajstić information content (AvgIpc) is 3.01. The quantitative estimate of drug-likeness (QED) is 0.233. The number of benzene rings is 3. The summed E-state index contributed by atoms with van der Waals surface area (Å²) in [6.45, 7) is 2.10. The van der Waals surface area contributed by atoms with E-state index in [-0.39, 0.29) is 36.1 Å². The van der Waals surface area contributed by atoms with Crippen LogP contribution in [0.4, 0.5) is 16.0 Å². The van der Waals surface area contributed by atoms with E-state index in [1.54, 1.807) is 47.2 Å². The van der Waals surface area contributed by atoms with Crippen molar-refractivity contribution in [2.75, 3.05) is 31.6 Å². The molecule has 0 saturated carbocycles. The number of hydrogen-bond donors (Lipinski definition) is 2. The van der Waals surface area contributed by atoms with Crippen LogP contribution >= 0.6 is 23.2 Å². The Morgan fingerprint density at radius 3 is 2.74 bits per heavy atom. The Balaban J connectivity index is 1.30. The van der Waals surface area contributed by atoms with E-state index in [0.717, 1.165) is 17.9 Å². The summed E-state index contributed by atoms with van der Waals surface area (Å²) >= 11 is 12.7. The molecule has 2 aliphatic rings. The van der Waals surface area contributed by atoms with Crippen LogP contribution in [0.2, 0.25) is 10.0 Å². The number of morpholine rings is 1. The number of nitrogens with zero attached hydrogens (tertiary/aromatic N) is 3. The Kier molecular flexibility index (Phi) is 7.48. The maximum Gasteiger partial charge on any atom is 0.260 e. The lowest BCUT2D eigenvalue weighted by Gasteiger charge is -2.28. The summed E-state index contributed by atoms with van der Waals surface area (Å²) in [6, 6.07) is 19.0. The van der Waals surface area contributed by atoms with Gasteiger partial charge >= 0.3 is 0 Å². The van der Waals surface area contributed by atoms with E-state index in [4.69, 9.17) is 37.7 Å². The molecule has 3 aromatic carbocycles. The summed E-state index contributed by atoms with van der Waals surface area (Å²) in [5.41, 5.74) is 3.05. The van der Waals surface area contributed by atoms with E-state index < -0.39 is 0 Å². The van der Waals surface area contributed by atoms with Crippen LogP contribution in [0.5, 0.6) is 5.75 Å². The van der Waals surface area contributed by atoms with Gasteiger partial charge in [0.05, 0.1) is 23.8 Å². The van der Waals surface area contributed by atoms with Crippen molar-refractivity contribution in [2.24, 2.45) is 0 Å². The minimum atomic E-state index is -0.390. The Labute approximate surface area is 256 Å². The maximum absolute atomic E-state index is 15.1. The number of aromatic nitrogens is 3. The highest BCUT2D eigenvalue weighted by Crippen LogP contribution is 2.34. The predicted octanol–water partition coefficient (Wildman–Crippen LogP) is 6.49. The molecule has 2 N–H and O–H groups in total. The lowest BCUT2D eigenvalue weighted by Crippen LogP contribution is -2.34. The van der Waals surface area contributed by atoms with Crippen molar-refractivity contribution >= 4 is 45.9 Å². The van der Waals surface area contributed by atoms with Crippen LogP contribution in [0.1, 0.15) is 23.3 Å². The van der Waals surface area contributed by atoms with Crippen LogP contribution in [0.15, 0.2) is 77.7 Å². The number of para-hydroxylation sites is 1. The van der Waals surface area contributed by atoms with Gasteiger partial charge in [-0.2, -0.15) is 4.98 Å². The molecule has 8 nitrogen and oxygen atoms in total. The molecule has 0 amide bonds. The van der Waals surface area contributed by atoms with E-state index in [1.165, 1.54) is 6.07 Å². The molecule has 218 valence electrons. The van der Waals surface area contributed by atoms with Crippen molar-refractivity contribution in [1.29, 1.82) is 0 Å². The van der Waals surface area contributed by atoms with Crippen molar-refractivity contribution in [1.82, 2.24) is 19.9 Å². The zero-order valence-corrected chi connectivity index (χ0v) is 24.3. The average molecular weight is 618 g/mol. The van der Waals surface area contributed by atoms with E-state index in [2.05, 4.69) is 15.6 Å². The van der Waals surface area contributed by atoms with Gasteiger partial charge in [0.1, 0.15) is 23.8 Å². The highest BCUT2D eigenvalue weighted by molar-refractivity contribution is 6.36. The molecule has 2 aliphatic heterocycles. The van der Waals surface area contributed by atoms with Crippen LogP contribution in [0, 0.1) is 5.82 Å². The SMILES string of the molecule is O=c1c(-c2ccc(Cl)cc2Cl)cc2cnc(Nc3ccc(C4CNCCO4)c(F)c3)nc2n1C1COc2ccccc2C1. The van der Waals surface area contributed by atoms with Gasteiger partial charge in [-0.1, -0.05) is 53.5 Å². The van der Waals surface area contributed by atoms with Crippen LogP contribution in [0.3, 0.4) is 0 Å². The Morgan fingerprint density at radius 2 is 1.93 bits per heavy atom. The number of hydrogen-bond acceptors (Lipinski definition) is 7. The Morgan fingerprint density at radius 1 is 1.05 bits per heavy atom. The van der Waals surface area contributed by atoms with Crippen LogP contribution in [-0.4, -0.2) is 40.8 Å². The fraction of sp³-hybridized carbons (Fsp3) is 0.219. The molecule has 0 bridgehead atoms. The molecule has 4 heterocycles. The minimum absolute atomic E-state index is 0.220. The third-order valence-electron chi connectivity index (χ3n) is 7.75. The lowest BCUT2D eigenvalue weighted by atomic mass is 10.0. The van der Waals surface area contributed by atoms with Gasteiger partial charge in [-0.3, -0.25) is 9.36 Å².